The Kier molecular flexibility index (Phi) is 5.62. The van der Waals surface area contributed by atoms with Gasteiger partial charge < -0.3 is 9.84 Å². The van der Waals surface area contributed by atoms with Crippen molar-refractivity contribution in [3.8, 4) is 5.75 Å². The second-order valence-corrected chi connectivity index (χ2v) is 5.58. The molecule has 0 bridgehead atoms. The van der Waals surface area contributed by atoms with E-state index in [0.717, 1.165) is 34.4 Å². The van der Waals surface area contributed by atoms with Crippen LogP contribution in [0.1, 0.15) is 30.6 Å². The molecule has 2 nitrogen and oxygen atoms in total. The number of aliphatic hydroxyl groups excluding tert-OH is 1. The molecule has 0 radical (unpaired) electrons. The molecule has 106 valence electrons. The fourth-order valence-corrected chi connectivity index (χ4v) is 2.44. The number of hydrogen-bond acceptors (Lipinski definition) is 2. The van der Waals surface area contributed by atoms with Gasteiger partial charge in [-0.15, -0.1) is 0 Å². The van der Waals surface area contributed by atoms with E-state index in [9.17, 15) is 5.11 Å². The summed E-state index contributed by atoms with van der Waals surface area (Å²) in [6.07, 6.45) is 1.08. The predicted molar refractivity (Wildman–Crippen MR) is 85.0 cm³/mol. The molecule has 1 N–H and O–H groups in total. The van der Waals surface area contributed by atoms with Gasteiger partial charge in [0.25, 0.3) is 0 Å². The lowest BCUT2D eigenvalue weighted by Crippen LogP contribution is -2.02. The van der Waals surface area contributed by atoms with E-state index in [0.29, 0.717) is 6.42 Å². The highest BCUT2D eigenvalue weighted by molar-refractivity contribution is 9.10. The minimum absolute atomic E-state index is 0.506. The van der Waals surface area contributed by atoms with Crippen LogP contribution in [0.2, 0.25) is 0 Å². The van der Waals surface area contributed by atoms with E-state index in [1.807, 2.05) is 48.5 Å². The first-order valence-corrected chi connectivity index (χ1v) is 7.64. The third-order valence-electron chi connectivity index (χ3n) is 3.11. The van der Waals surface area contributed by atoms with Crippen molar-refractivity contribution < 1.29 is 9.84 Å². The van der Waals surface area contributed by atoms with E-state index in [-0.39, 0.29) is 0 Å². The zero-order valence-corrected chi connectivity index (χ0v) is 13.1. The molecular formula is C17H19BrO2. The standard InChI is InChI=1S/C17H19BrO2/c1-2-11-20-15-9-7-13(8-10-15)17(19)12-14-5-3-4-6-16(14)18/h3-10,17,19H,2,11-12H2,1H3. The Morgan fingerprint density at radius 3 is 2.45 bits per heavy atom. The maximum atomic E-state index is 10.3. The van der Waals surface area contributed by atoms with Gasteiger partial charge in [0.05, 0.1) is 12.7 Å². The molecule has 20 heavy (non-hydrogen) atoms. The third kappa shape index (κ3) is 4.09. The largest absolute Gasteiger partial charge is 0.494 e. The second kappa shape index (κ2) is 7.46. The van der Waals surface area contributed by atoms with E-state index in [4.69, 9.17) is 4.74 Å². The van der Waals surface area contributed by atoms with Crippen molar-refractivity contribution in [1.82, 2.24) is 0 Å². The number of ether oxygens (including phenoxy) is 1. The number of hydrogen-bond donors (Lipinski definition) is 1. The highest BCUT2D eigenvalue weighted by Gasteiger charge is 2.10. The minimum Gasteiger partial charge on any atom is -0.494 e. The molecule has 1 atom stereocenters. The quantitative estimate of drug-likeness (QED) is 0.841. The zero-order chi connectivity index (χ0) is 14.4. The summed E-state index contributed by atoms with van der Waals surface area (Å²) in [6, 6.07) is 15.6. The first kappa shape index (κ1) is 15.1. The third-order valence-corrected chi connectivity index (χ3v) is 3.88. The lowest BCUT2D eigenvalue weighted by Gasteiger charge is -2.13. The Hall–Kier alpha value is -1.32. The number of aliphatic hydroxyl groups is 1. The van der Waals surface area contributed by atoms with Crippen molar-refractivity contribution in [3.63, 3.8) is 0 Å². The summed E-state index contributed by atoms with van der Waals surface area (Å²) >= 11 is 3.51. The van der Waals surface area contributed by atoms with Crippen molar-refractivity contribution in [2.45, 2.75) is 25.9 Å². The van der Waals surface area contributed by atoms with Crippen LogP contribution < -0.4 is 4.74 Å². The molecule has 0 aliphatic carbocycles. The molecule has 2 rings (SSSR count). The Bertz CT molecular complexity index is 537. The van der Waals surface area contributed by atoms with Crippen molar-refractivity contribution >= 4 is 15.9 Å². The average molecular weight is 335 g/mol. The number of halogens is 1. The molecule has 0 spiro atoms. The Morgan fingerprint density at radius 2 is 1.80 bits per heavy atom. The monoisotopic (exact) mass is 334 g/mol. The fraction of sp³-hybridized carbons (Fsp3) is 0.294. The van der Waals surface area contributed by atoms with Gasteiger partial charge in [0.1, 0.15) is 5.75 Å². The van der Waals surface area contributed by atoms with Crippen LogP contribution in [0.4, 0.5) is 0 Å². The van der Waals surface area contributed by atoms with Gasteiger partial charge in [-0.3, -0.25) is 0 Å². The van der Waals surface area contributed by atoms with E-state index >= 15 is 0 Å². The van der Waals surface area contributed by atoms with Crippen LogP contribution in [0.5, 0.6) is 5.75 Å². The zero-order valence-electron chi connectivity index (χ0n) is 11.6. The smallest absolute Gasteiger partial charge is 0.119 e. The normalized spacial score (nSPS) is 12.2. The highest BCUT2D eigenvalue weighted by atomic mass is 79.9. The topological polar surface area (TPSA) is 29.5 Å². The summed E-state index contributed by atoms with van der Waals surface area (Å²) < 4.78 is 6.57. The lowest BCUT2D eigenvalue weighted by atomic mass is 10.0. The Labute approximate surface area is 128 Å². The first-order valence-electron chi connectivity index (χ1n) is 6.85. The average Bonchev–Trinajstić information content (AvgIpc) is 2.48. The first-order chi connectivity index (χ1) is 9.70. The summed E-state index contributed by atoms with van der Waals surface area (Å²) in [5.41, 5.74) is 2.01. The molecule has 0 aliphatic heterocycles. The molecule has 2 aromatic carbocycles. The SMILES string of the molecule is CCCOc1ccc(C(O)Cc2ccccc2Br)cc1. The van der Waals surface area contributed by atoms with Crippen LogP contribution in [-0.4, -0.2) is 11.7 Å². The van der Waals surface area contributed by atoms with Crippen LogP contribution in [-0.2, 0) is 6.42 Å². The molecule has 0 aromatic heterocycles. The lowest BCUT2D eigenvalue weighted by molar-refractivity contribution is 0.178. The van der Waals surface area contributed by atoms with Crippen molar-refractivity contribution in [3.05, 3.63) is 64.1 Å². The van der Waals surface area contributed by atoms with Gasteiger partial charge in [0.2, 0.25) is 0 Å². The van der Waals surface area contributed by atoms with Crippen molar-refractivity contribution in [2.24, 2.45) is 0 Å². The predicted octanol–water partition coefficient (Wildman–Crippen LogP) is 4.51. The van der Waals surface area contributed by atoms with Gasteiger partial charge in [0, 0.05) is 10.9 Å². The number of benzene rings is 2. The molecule has 0 amide bonds. The summed E-state index contributed by atoms with van der Waals surface area (Å²) in [6.45, 7) is 2.80. The summed E-state index contributed by atoms with van der Waals surface area (Å²) in [7, 11) is 0. The highest BCUT2D eigenvalue weighted by Crippen LogP contribution is 2.25. The molecule has 1 unspecified atom stereocenters. The molecule has 3 heteroatoms. The van der Waals surface area contributed by atoms with Gasteiger partial charge >= 0.3 is 0 Å². The maximum absolute atomic E-state index is 10.3. The van der Waals surface area contributed by atoms with Crippen LogP contribution in [0.15, 0.2) is 53.0 Å². The van der Waals surface area contributed by atoms with Crippen molar-refractivity contribution in [1.29, 1.82) is 0 Å². The minimum atomic E-state index is -0.506. The van der Waals surface area contributed by atoms with Crippen LogP contribution in [0.3, 0.4) is 0 Å². The van der Waals surface area contributed by atoms with Crippen LogP contribution in [0.25, 0.3) is 0 Å². The van der Waals surface area contributed by atoms with E-state index in [1.165, 1.54) is 0 Å². The van der Waals surface area contributed by atoms with Crippen LogP contribution >= 0.6 is 15.9 Å². The molecule has 0 saturated heterocycles. The van der Waals surface area contributed by atoms with Gasteiger partial charge in [-0.25, -0.2) is 0 Å². The van der Waals surface area contributed by atoms with Crippen molar-refractivity contribution in [2.75, 3.05) is 6.61 Å². The molecule has 2 aromatic rings. The van der Waals surface area contributed by atoms with Gasteiger partial charge in [-0.1, -0.05) is 53.2 Å². The fourth-order valence-electron chi connectivity index (χ4n) is 2.00. The molecule has 0 saturated carbocycles. The van der Waals surface area contributed by atoms with Gasteiger partial charge in [-0.2, -0.15) is 0 Å². The summed E-state index contributed by atoms with van der Waals surface area (Å²) in [5.74, 6) is 0.851. The van der Waals surface area contributed by atoms with Gasteiger partial charge in [0.15, 0.2) is 0 Å². The van der Waals surface area contributed by atoms with E-state index in [1.54, 1.807) is 0 Å². The second-order valence-electron chi connectivity index (χ2n) is 4.73. The van der Waals surface area contributed by atoms with E-state index < -0.39 is 6.10 Å². The molecule has 0 aliphatic rings. The van der Waals surface area contributed by atoms with Gasteiger partial charge in [-0.05, 0) is 35.7 Å². The molecular weight excluding hydrogens is 316 g/mol. The summed E-state index contributed by atoms with van der Waals surface area (Å²) in [4.78, 5) is 0. The maximum Gasteiger partial charge on any atom is 0.119 e. The molecule has 0 fully saturated rings. The van der Waals surface area contributed by atoms with Crippen LogP contribution in [0, 0.1) is 0 Å². The number of rotatable bonds is 6. The van der Waals surface area contributed by atoms with E-state index in [2.05, 4.69) is 22.9 Å². The summed E-state index contributed by atoms with van der Waals surface area (Å²) in [5, 5.41) is 10.3. The Balaban J connectivity index is 2.02. The molecule has 0 heterocycles. The Morgan fingerprint density at radius 1 is 1.10 bits per heavy atom.